The van der Waals surface area contributed by atoms with E-state index in [1.54, 1.807) is 29.4 Å². The number of likely N-dealkylation sites (tertiary alicyclic amines) is 1. The molecule has 0 unspecified atom stereocenters. The predicted octanol–water partition coefficient (Wildman–Crippen LogP) is 3.88. The third-order valence-electron chi connectivity index (χ3n) is 6.27. The van der Waals surface area contributed by atoms with Crippen molar-refractivity contribution in [3.8, 4) is 0 Å². The number of amides is 3. The maximum absolute atomic E-state index is 14.1. The Kier molecular flexibility index (Phi) is 5.73. The molecule has 0 spiro atoms. The fraction of sp³-hybridized carbons (Fsp3) is 0.435. The zero-order valence-corrected chi connectivity index (χ0v) is 17.8. The van der Waals surface area contributed by atoms with Crippen LogP contribution < -0.4 is 0 Å². The third-order valence-corrected chi connectivity index (χ3v) is 7.13. The van der Waals surface area contributed by atoms with Gasteiger partial charge in [0.15, 0.2) is 0 Å². The molecule has 0 radical (unpaired) electrons. The molecular weight excluding hydrogens is 403 g/mol. The molecule has 3 amide bonds. The van der Waals surface area contributed by atoms with Gasteiger partial charge in [0.05, 0.1) is 12.0 Å². The standard InChI is InChI=1S/C23H25FN2O3S/c1-25(15-19-10-5-11-30-19)20(27)13-23(16-6-4-7-17(24)12-16)14-21(28)26(22(23)29)18-8-2-3-9-18/h4-7,10-12,18H,2-3,8-9,13-15H2,1H3/t23-/m1/s1. The van der Waals surface area contributed by atoms with E-state index in [0.717, 1.165) is 30.6 Å². The van der Waals surface area contributed by atoms with Crippen molar-refractivity contribution in [1.82, 2.24) is 9.80 Å². The quantitative estimate of drug-likeness (QED) is 0.656. The number of carbonyl (C=O) groups excluding carboxylic acids is 3. The summed E-state index contributed by atoms with van der Waals surface area (Å²) in [7, 11) is 1.69. The second-order valence-electron chi connectivity index (χ2n) is 8.28. The molecule has 1 aromatic heterocycles. The molecule has 2 heterocycles. The minimum absolute atomic E-state index is 0.0929. The zero-order valence-electron chi connectivity index (χ0n) is 17.0. The highest BCUT2D eigenvalue weighted by Gasteiger charge is 2.55. The van der Waals surface area contributed by atoms with Crippen LogP contribution in [0.4, 0.5) is 4.39 Å². The van der Waals surface area contributed by atoms with Crippen LogP contribution in [0.25, 0.3) is 0 Å². The van der Waals surface area contributed by atoms with Crippen molar-refractivity contribution in [1.29, 1.82) is 0 Å². The molecule has 2 aliphatic rings. The summed E-state index contributed by atoms with van der Waals surface area (Å²) in [5.74, 6) is -1.33. The van der Waals surface area contributed by atoms with Crippen molar-refractivity contribution in [2.75, 3.05) is 7.05 Å². The van der Waals surface area contributed by atoms with Gasteiger partial charge in [0, 0.05) is 30.8 Å². The predicted molar refractivity (Wildman–Crippen MR) is 112 cm³/mol. The second-order valence-corrected chi connectivity index (χ2v) is 9.31. The van der Waals surface area contributed by atoms with Gasteiger partial charge in [0.1, 0.15) is 5.82 Å². The van der Waals surface area contributed by atoms with Crippen LogP contribution in [0.2, 0.25) is 0 Å². The van der Waals surface area contributed by atoms with Gasteiger partial charge in [-0.25, -0.2) is 4.39 Å². The maximum atomic E-state index is 14.1. The summed E-state index contributed by atoms with van der Waals surface area (Å²) >= 11 is 1.55. The molecule has 1 atom stereocenters. The first kappa shape index (κ1) is 20.7. The Hall–Kier alpha value is -2.54. The van der Waals surface area contributed by atoms with E-state index in [2.05, 4.69) is 0 Å². The van der Waals surface area contributed by atoms with Gasteiger partial charge in [-0.15, -0.1) is 11.3 Å². The van der Waals surface area contributed by atoms with Gasteiger partial charge < -0.3 is 4.90 Å². The highest BCUT2D eigenvalue weighted by atomic mass is 32.1. The first-order valence-corrected chi connectivity index (χ1v) is 11.2. The van der Waals surface area contributed by atoms with Crippen molar-refractivity contribution < 1.29 is 18.8 Å². The van der Waals surface area contributed by atoms with Crippen LogP contribution in [0.3, 0.4) is 0 Å². The van der Waals surface area contributed by atoms with E-state index in [-0.39, 0.29) is 36.6 Å². The van der Waals surface area contributed by atoms with Gasteiger partial charge in [0.25, 0.3) is 0 Å². The molecule has 2 aromatic rings. The van der Waals surface area contributed by atoms with Crippen molar-refractivity contribution in [3.05, 3.63) is 58.0 Å². The maximum Gasteiger partial charge on any atom is 0.241 e. The van der Waals surface area contributed by atoms with E-state index < -0.39 is 11.2 Å². The van der Waals surface area contributed by atoms with E-state index in [1.807, 2.05) is 17.5 Å². The average molecular weight is 429 g/mol. The minimum Gasteiger partial charge on any atom is -0.341 e. The van der Waals surface area contributed by atoms with Crippen LogP contribution in [0, 0.1) is 5.82 Å². The topological polar surface area (TPSA) is 57.7 Å². The van der Waals surface area contributed by atoms with E-state index in [0.29, 0.717) is 12.1 Å². The Balaban J connectivity index is 1.65. The lowest BCUT2D eigenvalue weighted by atomic mass is 9.75. The Labute approximate surface area is 179 Å². The molecule has 30 heavy (non-hydrogen) atoms. The summed E-state index contributed by atoms with van der Waals surface area (Å²) in [6.07, 6.45) is 3.32. The van der Waals surface area contributed by atoms with Gasteiger partial charge in [-0.05, 0) is 42.0 Å². The number of thiophene rings is 1. The number of carbonyl (C=O) groups is 3. The fourth-order valence-corrected chi connectivity index (χ4v) is 5.42. The van der Waals surface area contributed by atoms with E-state index in [4.69, 9.17) is 0 Å². The number of halogens is 1. The summed E-state index contributed by atoms with van der Waals surface area (Å²) in [5.41, 5.74) is -0.943. The average Bonchev–Trinajstić information content (AvgIpc) is 3.45. The summed E-state index contributed by atoms with van der Waals surface area (Å²) in [6, 6.07) is 9.53. The number of imide groups is 1. The third kappa shape index (κ3) is 3.78. The van der Waals surface area contributed by atoms with Crippen LogP contribution in [0.15, 0.2) is 41.8 Å². The SMILES string of the molecule is CN(Cc1cccs1)C(=O)C[C@]1(c2cccc(F)c2)CC(=O)N(C2CCCC2)C1=O. The highest BCUT2D eigenvalue weighted by molar-refractivity contribution is 7.09. The molecule has 5 nitrogen and oxygen atoms in total. The Morgan fingerprint density at radius 3 is 2.67 bits per heavy atom. The molecule has 7 heteroatoms. The molecule has 2 fully saturated rings. The first-order chi connectivity index (χ1) is 14.4. The molecule has 1 aliphatic carbocycles. The van der Waals surface area contributed by atoms with Gasteiger partial charge >= 0.3 is 0 Å². The number of rotatable bonds is 6. The van der Waals surface area contributed by atoms with Crippen LogP contribution in [0.1, 0.15) is 49.0 Å². The molecule has 0 bridgehead atoms. The molecule has 1 saturated heterocycles. The lowest BCUT2D eigenvalue weighted by molar-refractivity contribution is -0.144. The number of hydrogen-bond acceptors (Lipinski definition) is 4. The van der Waals surface area contributed by atoms with Crippen molar-refractivity contribution in [2.45, 2.75) is 56.5 Å². The minimum atomic E-state index is -1.34. The summed E-state index contributed by atoms with van der Waals surface area (Å²) in [5, 5.41) is 1.94. The highest BCUT2D eigenvalue weighted by Crippen LogP contribution is 2.43. The number of hydrogen-bond donors (Lipinski definition) is 0. The Morgan fingerprint density at radius 2 is 2.00 bits per heavy atom. The number of nitrogens with zero attached hydrogens (tertiary/aromatic N) is 2. The molecule has 4 rings (SSSR count). The van der Waals surface area contributed by atoms with Gasteiger partial charge in [-0.2, -0.15) is 0 Å². The largest absolute Gasteiger partial charge is 0.341 e. The molecule has 0 N–H and O–H groups in total. The second kappa shape index (κ2) is 8.30. The zero-order chi connectivity index (χ0) is 21.3. The van der Waals surface area contributed by atoms with E-state index in [1.165, 1.54) is 23.1 Å². The van der Waals surface area contributed by atoms with E-state index >= 15 is 0 Å². The van der Waals surface area contributed by atoms with Crippen LogP contribution in [-0.2, 0) is 26.3 Å². The molecule has 158 valence electrons. The van der Waals surface area contributed by atoms with Crippen molar-refractivity contribution >= 4 is 29.1 Å². The molecule has 1 aromatic carbocycles. The van der Waals surface area contributed by atoms with Gasteiger partial charge in [-0.3, -0.25) is 19.3 Å². The Bertz CT molecular complexity index is 955. The molecule has 1 saturated carbocycles. The van der Waals surface area contributed by atoms with Crippen LogP contribution >= 0.6 is 11.3 Å². The first-order valence-electron chi connectivity index (χ1n) is 10.3. The smallest absolute Gasteiger partial charge is 0.241 e. The Morgan fingerprint density at radius 1 is 1.23 bits per heavy atom. The van der Waals surface area contributed by atoms with Gasteiger partial charge in [0.2, 0.25) is 17.7 Å². The summed E-state index contributed by atoms with van der Waals surface area (Å²) in [4.78, 5) is 43.7. The molecule has 1 aliphatic heterocycles. The molecular formula is C23H25FN2O3S. The summed E-state index contributed by atoms with van der Waals surface area (Å²) < 4.78 is 14.1. The van der Waals surface area contributed by atoms with E-state index in [9.17, 15) is 18.8 Å². The monoisotopic (exact) mass is 428 g/mol. The van der Waals surface area contributed by atoms with Crippen LogP contribution in [-0.4, -0.2) is 40.6 Å². The van der Waals surface area contributed by atoms with Crippen molar-refractivity contribution in [2.24, 2.45) is 0 Å². The van der Waals surface area contributed by atoms with Crippen LogP contribution in [0.5, 0.6) is 0 Å². The lowest BCUT2D eigenvalue weighted by Gasteiger charge is -2.30. The lowest BCUT2D eigenvalue weighted by Crippen LogP contribution is -2.45. The normalized spacial score (nSPS) is 22.1. The fourth-order valence-electron chi connectivity index (χ4n) is 4.66. The summed E-state index contributed by atoms with van der Waals surface area (Å²) in [6.45, 7) is 0.435. The van der Waals surface area contributed by atoms with Gasteiger partial charge in [-0.1, -0.05) is 31.0 Å². The van der Waals surface area contributed by atoms with Crippen molar-refractivity contribution in [3.63, 3.8) is 0 Å². The number of benzene rings is 1.